The molecule has 0 aliphatic heterocycles. The number of hydrazine groups is 1. The van der Waals surface area contributed by atoms with Gasteiger partial charge < -0.3 is 4.57 Å². The summed E-state index contributed by atoms with van der Waals surface area (Å²) in [5.74, 6) is 4.61. The standard InChI is InChI=1S/C14H14F3N3O/c1-8-6-12(13(21)19-18)9(2)20(8)11-5-3-4-10(7-11)14(15,16)17/h3-7H,18H2,1-2H3,(H,19,21). The second-order valence-electron chi connectivity index (χ2n) is 4.64. The van der Waals surface area contributed by atoms with Crippen LogP contribution in [0.25, 0.3) is 5.69 Å². The maximum absolute atomic E-state index is 12.8. The SMILES string of the molecule is Cc1cc(C(=O)NN)c(C)n1-c1cccc(C(F)(F)F)c1. The Morgan fingerprint density at radius 3 is 2.48 bits per heavy atom. The Morgan fingerprint density at radius 1 is 1.24 bits per heavy atom. The topological polar surface area (TPSA) is 60.1 Å². The fourth-order valence-corrected chi connectivity index (χ4v) is 2.29. The van der Waals surface area contributed by atoms with E-state index in [1.807, 2.05) is 5.43 Å². The molecule has 0 aliphatic carbocycles. The third-order valence-electron chi connectivity index (χ3n) is 3.24. The highest BCUT2D eigenvalue weighted by Crippen LogP contribution is 2.31. The van der Waals surface area contributed by atoms with Crippen LogP contribution in [0.15, 0.2) is 30.3 Å². The van der Waals surface area contributed by atoms with Crippen LogP contribution < -0.4 is 11.3 Å². The molecule has 1 amide bonds. The summed E-state index contributed by atoms with van der Waals surface area (Å²) in [7, 11) is 0. The molecular formula is C14H14F3N3O. The highest BCUT2D eigenvalue weighted by Gasteiger charge is 2.30. The Balaban J connectivity index is 2.58. The lowest BCUT2D eigenvalue weighted by Gasteiger charge is -2.13. The van der Waals surface area contributed by atoms with Crippen LogP contribution in [0.3, 0.4) is 0 Å². The molecule has 0 aliphatic rings. The number of alkyl halides is 3. The summed E-state index contributed by atoms with van der Waals surface area (Å²) < 4.78 is 39.9. The van der Waals surface area contributed by atoms with Gasteiger partial charge in [0.05, 0.1) is 11.1 Å². The Morgan fingerprint density at radius 2 is 1.90 bits per heavy atom. The average Bonchev–Trinajstić information content (AvgIpc) is 2.72. The van der Waals surface area contributed by atoms with Crippen molar-refractivity contribution in [3.63, 3.8) is 0 Å². The minimum atomic E-state index is -4.41. The van der Waals surface area contributed by atoms with E-state index < -0.39 is 17.6 Å². The van der Waals surface area contributed by atoms with Gasteiger partial charge in [-0.3, -0.25) is 10.2 Å². The lowest BCUT2D eigenvalue weighted by Crippen LogP contribution is -2.30. The quantitative estimate of drug-likeness (QED) is 0.508. The molecule has 0 unspecified atom stereocenters. The van der Waals surface area contributed by atoms with Gasteiger partial charge >= 0.3 is 6.18 Å². The van der Waals surface area contributed by atoms with E-state index in [1.54, 1.807) is 30.5 Å². The predicted molar refractivity (Wildman–Crippen MR) is 71.9 cm³/mol. The number of nitrogens with two attached hydrogens (primary N) is 1. The van der Waals surface area contributed by atoms with Crippen molar-refractivity contribution in [2.75, 3.05) is 0 Å². The molecular weight excluding hydrogens is 283 g/mol. The van der Waals surface area contributed by atoms with E-state index in [0.29, 0.717) is 22.6 Å². The third-order valence-corrected chi connectivity index (χ3v) is 3.24. The zero-order chi connectivity index (χ0) is 15.8. The smallest absolute Gasteiger partial charge is 0.318 e. The molecule has 2 rings (SSSR count). The molecule has 0 saturated carbocycles. The van der Waals surface area contributed by atoms with Gasteiger partial charge in [0.25, 0.3) is 5.91 Å². The summed E-state index contributed by atoms with van der Waals surface area (Å²) in [4.78, 5) is 11.6. The first-order chi connectivity index (χ1) is 9.75. The molecule has 4 nitrogen and oxygen atoms in total. The summed E-state index contributed by atoms with van der Waals surface area (Å²) in [6.45, 7) is 3.36. The molecule has 1 aromatic carbocycles. The minimum absolute atomic E-state index is 0.326. The second kappa shape index (κ2) is 5.25. The van der Waals surface area contributed by atoms with E-state index in [-0.39, 0.29) is 0 Å². The van der Waals surface area contributed by atoms with Crippen molar-refractivity contribution in [2.24, 2.45) is 5.84 Å². The number of nitrogen functional groups attached to an aromatic ring is 1. The number of amides is 1. The Hall–Kier alpha value is -2.28. The van der Waals surface area contributed by atoms with Crippen molar-refractivity contribution in [2.45, 2.75) is 20.0 Å². The number of nitrogens with one attached hydrogen (secondary N) is 1. The van der Waals surface area contributed by atoms with E-state index in [0.717, 1.165) is 12.1 Å². The van der Waals surface area contributed by atoms with Crippen molar-refractivity contribution in [1.82, 2.24) is 9.99 Å². The van der Waals surface area contributed by atoms with Gasteiger partial charge in [0, 0.05) is 17.1 Å². The first kappa shape index (κ1) is 15.1. The Bertz CT molecular complexity index is 689. The number of hydrogen-bond acceptors (Lipinski definition) is 2. The van der Waals surface area contributed by atoms with Crippen LogP contribution in [-0.4, -0.2) is 10.5 Å². The highest BCUT2D eigenvalue weighted by atomic mass is 19.4. The number of hydrogen-bond donors (Lipinski definition) is 2. The van der Waals surface area contributed by atoms with Crippen LogP contribution in [0, 0.1) is 13.8 Å². The molecule has 1 aromatic heterocycles. The number of rotatable bonds is 2. The molecule has 0 fully saturated rings. The van der Waals surface area contributed by atoms with Crippen LogP contribution >= 0.6 is 0 Å². The van der Waals surface area contributed by atoms with E-state index in [4.69, 9.17) is 5.84 Å². The fourth-order valence-electron chi connectivity index (χ4n) is 2.29. The lowest BCUT2D eigenvalue weighted by atomic mass is 10.2. The lowest BCUT2D eigenvalue weighted by molar-refractivity contribution is -0.137. The normalized spacial score (nSPS) is 11.5. The highest BCUT2D eigenvalue weighted by molar-refractivity contribution is 5.95. The summed E-state index contributed by atoms with van der Waals surface area (Å²) in [5.41, 5.74) is 3.12. The van der Waals surface area contributed by atoms with Crippen molar-refractivity contribution in [3.8, 4) is 5.69 Å². The fraction of sp³-hybridized carbons (Fsp3) is 0.214. The zero-order valence-corrected chi connectivity index (χ0v) is 11.5. The number of aryl methyl sites for hydroxylation is 1. The van der Waals surface area contributed by atoms with Crippen molar-refractivity contribution >= 4 is 5.91 Å². The van der Waals surface area contributed by atoms with Crippen LogP contribution in [0.5, 0.6) is 0 Å². The maximum Gasteiger partial charge on any atom is 0.416 e. The Kier molecular flexibility index (Phi) is 3.78. The van der Waals surface area contributed by atoms with Gasteiger partial charge in [-0.15, -0.1) is 0 Å². The molecule has 0 radical (unpaired) electrons. The van der Waals surface area contributed by atoms with Gasteiger partial charge in [-0.05, 0) is 38.1 Å². The monoisotopic (exact) mass is 297 g/mol. The molecule has 0 bridgehead atoms. The summed E-state index contributed by atoms with van der Waals surface area (Å²) >= 11 is 0. The van der Waals surface area contributed by atoms with Crippen molar-refractivity contribution in [3.05, 3.63) is 52.8 Å². The third kappa shape index (κ3) is 2.78. The molecule has 7 heteroatoms. The van der Waals surface area contributed by atoms with Gasteiger partial charge in [0.15, 0.2) is 0 Å². The number of carbonyl (C=O) groups is 1. The van der Waals surface area contributed by atoms with Gasteiger partial charge in [-0.2, -0.15) is 13.2 Å². The van der Waals surface area contributed by atoms with Crippen LogP contribution in [0.2, 0.25) is 0 Å². The summed E-state index contributed by atoms with van der Waals surface area (Å²) in [6.07, 6.45) is -4.41. The van der Waals surface area contributed by atoms with E-state index in [9.17, 15) is 18.0 Å². The average molecular weight is 297 g/mol. The van der Waals surface area contributed by atoms with E-state index in [1.165, 1.54) is 6.07 Å². The first-order valence-electron chi connectivity index (χ1n) is 6.13. The molecule has 0 spiro atoms. The zero-order valence-electron chi connectivity index (χ0n) is 11.5. The van der Waals surface area contributed by atoms with Gasteiger partial charge in [0.1, 0.15) is 0 Å². The van der Waals surface area contributed by atoms with Crippen LogP contribution in [0.4, 0.5) is 13.2 Å². The number of carbonyl (C=O) groups excluding carboxylic acids is 1. The first-order valence-corrected chi connectivity index (χ1v) is 6.13. The number of halogens is 3. The predicted octanol–water partition coefficient (Wildman–Crippen LogP) is 2.72. The van der Waals surface area contributed by atoms with Gasteiger partial charge in [-0.1, -0.05) is 6.07 Å². The van der Waals surface area contributed by atoms with Crippen molar-refractivity contribution in [1.29, 1.82) is 0 Å². The van der Waals surface area contributed by atoms with Crippen LogP contribution in [0.1, 0.15) is 27.3 Å². The summed E-state index contributed by atoms with van der Waals surface area (Å²) in [5, 5.41) is 0. The maximum atomic E-state index is 12.8. The van der Waals surface area contributed by atoms with Crippen LogP contribution in [-0.2, 0) is 6.18 Å². The van der Waals surface area contributed by atoms with Gasteiger partial charge in [-0.25, -0.2) is 5.84 Å². The molecule has 112 valence electrons. The largest absolute Gasteiger partial charge is 0.416 e. The number of aromatic nitrogens is 1. The molecule has 21 heavy (non-hydrogen) atoms. The van der Waals surface area contributed by atoms with Gasteiger partial charge in [0.2, 0.25) is 0 Å². The molecule has 0 saturated heterocycles. The van der Waals surface area contributed by atoms with E-state index >= 15 is 0 Å². The number of nitrogens with zero attached hydrogens (tertiary/aromatic N) is 1. The molecule has 3 N–H and O–H groups in total. The minimum Gasteiger partial charge on any atom is -0.318 e. The van der Waals surface area contributed by atoms with E-state index in [2.05, 4.69) is 0 Å². The number of benzene rings is 1. The second-order valence-corrected chi connectivity index (χ2v) is 4.64. The van der Waals surface area contributed by atoms with Crippen molar-refractivity contribution < 1.29 is 18.0 Å². The molecule has 0 atom stereocenters. The molecule has 1 heterocycles. The Labute approximate surface area is 119 Å². The summed E-state index contributed by atoms with van der Waals surface area (Å²) in [6, 6.07) is 6.52. The molecule has 2 aromatic rings.